The van der Waals surface area contributed by atoms with Gasteiger partial charge in [0.1, 0.15) is 0 Å². The van der Waals surface area contributed by atoms with Crippen LogP contribution in [0.5, 0.6) is 0 Å². The molecule has 0 aliphatic rings. The van der Waals surface area contributed by atoms with E-state index in [-0.39, 0.29) is 5.11 Å². The summed E-state index contributed by atoms with van der Waals surface area (Å²) < 4.78 is 0. The number of hydrogen-bond acceptors (Lipinski definition) is 3. The molecule has 5 N–H and O–H groups in total. The second-order valence-corrected chi connectivity index (χ2v) is 5.54. The summed E-state index contributed by atoms with van der Waals surface area (Å²) in [5.74, 6) is 0. The molecule has 118 valence electrons. The Hall–Kier alpha value is -2.51. The summed E-state index contributed by atoms with van der Waals surface area (Å²) in [6.07, 6.45) is 0. The number of nitrogens with zero attached hydrogens (tertiary/aromatic N) is 1. The van der Waals surface area contributed by atoms with Gasteiger partial charge in [-0.2, -0.15) is 5.10 Å². The molecular weight excluding hydrogens is 326 g/mol. The molecule has 5 nitrogen and oxygen atoms in total. The second-order valence-electron chi connectivity index (χ2n) is 4.70. The van der Waals surface area contributed by atoms with Crippen LogP contribution in [-0.2, 0) is 0 Å². The fourth-order valence-electron chi connectivity index (χ4n) is 1.81. The van der Waals surface area contributed by atoms with E-state index < -0.39 is 0 Å². The van der Waals surface area contributed by atoms with E-state index >= 15 is 0 Å². The van der Waals surface area contributed by atoms with E-state index in [1.165, 1.54) is 0 Å². The number of para-hydroxylation sites is 1. The molecule has 0 bridgehead atoms. The third-order valence-corrected chi connectivity index (χ3v) is 3.22. The first kappa shape index (κ1) is 16.9. The van der Waals surface area contributed by atoms with Crippen LogP contribution in [0.1, 0.15) is 12.5 Å². The van der Waals surface area contributed by atoms with E-state index in [9.17, 15) is 0 Å². The van der Waals surface area contributed by atoms with Crippen LogP contribution in [0, 0.1) is 0 Å². The van der Waals surface area contributed by atoms with Gasteiger partial charge in [-0.05, 0) is 61.2 Å². The predicted molar refractivity (Wildman–Crippen MR) is 105 cm³/mol. The van der Waals surface area contributed by atoms with Crippen molar-refractivity contribution in [3.63, 3.8) is 0 Å². The Morgan fingerprint density at radius 3 is 2.04 bits per heavy atom. The van der Waals surface area contributed by atoms with Gasteiger partial charge in [0, 0.05) is 11.4 Å². The van der Waals surface area contributed by atoms with Crippen molar-refractivity contribution in [1.29, 1.82) is 0 Å². The van der Waals surface area contributed by atoms with Crippen molar-refractivity contribution in [1.82, 2.24) is 5.43 Å². The Bertz CT molecular complexity index is 711. The minimum atomic E-state index is 0.139. The van der Waals surface area contributed by atoms with Crippen LogP contribution in [0.4, 0.5) is 11.4 Å². The molecule has 0 aliphatic carbocycles. The summed E-state index contributed by atoms with van der Waals surface area (Å²) in [7, 11) is 0. The highest BCUT2D eigenvalue weighted by atomic mass is 32.1. The monoisotopic (exact) mass is 343 g/mol. The standard InChI is InChI=1S/C16H17N5S2/c1-11(20-21-15(17)22)12-7-9-14(10-8-12)19-16(23)18-13-5-3-2-4-6-13/h2-10H,1H3,(H3,17,21,22)(H2,18,19,23). The maximum Gasteiger partial charge on any atom is 0.184 e. The molecule has 0 amide bonds. The zero-order valence-corrected chi connectivity index (χ0v) is 14.2. The van der Waals surface area contributed by atoms with Crippen molar-refractivity contribution >= 4 is 51.7 Å². The van der Waals surface area contributed by atoms with Crippen molar-refractivity contribution in [2.45, 2.75) is 6.92 Å². The molecule has 0 saturated heterocycles. The maximum absolute atomic E-state index is 5.34. The fraction of sp³-hybridized carbons (Fsp3) is 0.0625. The van der Waals surface area contributed by atoms with Gasteiger partial charge in [-0.1, -0.05) is 30.3 Å². The molecular formula is C16H17N5S2. The molecule has 2 rings (SSSR count). The van der Waals surface area contributed by atoms with Crippen LogP contribution in [0.3, 0.4) is 0 Å². The molecule has 0 heterocycles. The van der Waals surface area contributed by atoms with Crippen molar-refractivity contribution in [2.24, 2.45) is 10.8 Å². The highest BCUT2D eigenvalue weighted by molar-refractivity contribution is 7.80. The van der Waals surface area contributed by atoms with Crippen molar-refractivity contribution in [3.05, 3.63) is 60.2 Å². The van der Waals surface area contributed by atoms with Crippen molar-refractivity contribution < 1.29 is 0 Å². The normalized spacial score (nSPS) is 10.7. The van der Waals surface area contributed by atoms with Crippen LogP contribution in [-0.4, -0.2) is 15.9 Å². The number of nitrogens with one attached hydrogen (secondary N) is 3. The van der Waals surface area contributed by atoms with Gasteiger partial charge in [0.25, 0.3) is 0 Å². The summed E-state index contributed by atoms with van der Waals surface area (Å²) in [5.41, 5.74) is 11.5. The summed E-state index contributed by atoms with van der Waals surface area (Å²) in [5, 5.41) is 11.0. The van der Waals surface area contributed by atoms with E-state index in [2.05, 4.69) is 21.2 Å². The van der Waals surface area contributed by atoms with Crippen LogP contribution < -0.4 is 21.8 Å². The highest BCUT2D eigenvalue weighted by Crippen LogP contribution is 2.12. The molecule has 0 unspecified atom stereocenters. The minimum absolute atomic E-state index is 0.139. The lowest BCUT2D eigenvalue weighted by atomic mass is 10.1. The summed E-state index contributed by atoms with van der Waals surface area (Å²) in [4.78, 5) is 0. The number of thiocarbonyl (C=S) groups is 2. The molecule has 0 aliphatic heterocycles. The molecule has 23 heavy (non-hydrogen) atoms. The molecule has 0 saturated carbocycles. The molecule has 0 radical (unpaired) electrons. The lowest BCUT2D eigenvalue weighted by Gasteiger charge is -2.11. The number of nitrogens with two attached hydrogens (primary N) is 1. The molecule has 0 atom stereocenters. The van der Waals surface area contributed by atoms with Crippen LogP contribution in [0.2, 0.25) is 0 Å². The zero-order valence-electron chi connectivity index (χ0n) is 12.5. The maximum atomic E-state index is 5.34. The molecule has 0 spiro atoms. The third-order valence-electron chi connectivity index (χ3n) is 2.93. The van der Waals surface area contributed by atoms with Crippen LogP contribution >= 0.6 is 24.4 Å². The summed E-state index contributed by atoms with van der Waals surface area (Å²) in [6, 6.07) is 17.5. The first-order valence-corrected chi connectivity index (χ1v) is 7.69. The number of rotatable bonds is 4. The lowest BCUT2D eigenvalue weighted by Crippen LogP contribution is -2.25. The van der Waals surface area contributed by atoms with Crippen LogP contribution in [0.25, 0.3) is 0 Å². The quantitative estimate of drug-likeness (QED) is 0.388. The van der Waals surface area contributed by atoms with E-state index in [0.717, 1.165) is 22.6 Å². The molecule has 0 aromatic heterocycles. The van der Waals surface area contributed by atoms with E-state index in [4.69, 9.17) is 30.2 Å². The third kappa shape index (κ3) is 5.65. The number of hydrazone groups is 1. The van der Waals surface area contributed by atoms with Gasteiger partial charge < -0.3 is 16.4 Å². The molecule has 2 aromatic rings. The first-order chi connectivity index (χ1) is 11.0. The largest absolute Gasteiger partial charge is 0.375 e. The lowest BCUT2D eigenvalue weighted by molar-refractivity contribution is 1.03. The fourth-order valence-corrected chi connectivity index (χ4v) is 2.09. The van der Waals surface area contributed by atoms with Gasteiger partial charge >= 0.3 is 0 Å². The number of anilines is 2. The van der Waals surface area contributed by atoms with Gasteiger partial charge in [0.2, 0.25) is 0 Å². The average molecular weight is 343 g/mol. The SMILES string of the molecule is CC(=NNC(N)=S)c1ccc(NC(=S)Nc2ccccc2)cc1. The first-order valence-electron chi connectivity index (χ1n) is 6.88. The van der Waals surface area contributed by atoms with Gasteiger partial charge in [0.15, 0.2) is 10.2 Å². The predicted octanol–water partition coefficient (Wildman–Crippen LogP) is 3.05. The topological polar surface area (TPSA) is 74.5 Å². The minimum Gasteiger partial charge on any atom is -0.375 e. The average Bonchev–Trinajstić information content (AvgIpc) is 2.54. The highest BCUT2D eigenvalue weighted by Gasteiger charge is 2.01. The number of hydrogen-bond donors (Lipinski definition) is 4. The Labute approximate surface area is 146 Å². The second kappa shape index (κ2) is 8.21. The zero-order chi connectivity index (χ0) is 16.7. The molecule has 0 fully saturated rings. The van der Waals surface area contributed by atoms with Crippen molar-refractivity contribution in [2.75, 3.05) is 10.6 Å². The van der Waals surface area contributed by atoms with Gasteiger partial charge in [-0.25, -0.2) is 0 Å². The number of benzene rings is 2. The van der Waals surface area contributed by atoms with Gasteiger partial charge in [0.05, 0.1) is 5.71 Å². The van der Waals surface area contributed by atoms with E-state index in [0.29, 0.717) is 5.11 Å². The van der Waals surface area contributed by atoms with Crippen LogP contribution in [0.15, 0.2) is 59.7 Å². The Kier molecular flexibility index (Phi) is 6.02. The Morgan fingerprint density at radius 1 is 0.913 bits per heavy atom. The van der Waals surface area contributed by atoms with Gasteiger partial charge in [-0.15, -0.1) is 0 Å². The smallest absolute Gasteiger partial charge is 0.184 e. The summed E-state index contributed by atoms with van der Waals surface area (Å²) >= 11 is 10.0. The Morgan fingerprint density at radius 2 is 1.48 bits per heavy atom. The molecule has 7 heteroatoms. The Balaban J connectivity index is 1.96. The van der Waals surface area contributed by atoms with Gasteiger partial charge in [-0.3, -0.25) is 5.43 Å². The van der Waals surface area contributed by atoms with E-state index in [1.807, 2.05) is 61.5 Å². The van der Waals surface area contributed by atoms with E-state index in [1.54, 1.807) is 0 Å². The summed E-state index contributed by atoms with van der Waals surface area (Å²) in [6.45, 7) is 1.87. The molecule has 2 aromatic carbocycles. The van der Waals surface area contributed by atoms with Crippen molar-refractivity contribution in [3.8, 4) is 0 Å².